The molecule has 6 atom stereocenters. The first-order valence-electron chi connectivity index (χ1n) is 19.9. The van der Waals surface area contributed by atoms with E-state index in [-0.39, 0.29) is 70.8 Å². The number of amides is 7. The number of urea groups is 1. The second kappa shape index (κ2) is 31.3. The molecule has 14 N–H and O–H groups in total. The number of hydrogen-bond acceptors (Lipinski definition) is 15. The Bertz CT molecular complexity index is 1790. The molecule has 0 saturated heterocycles. The van der Waals surface area contributed by atoms with Crippen LogP contribution in [0.5, 0.6) is 0 Å². The summed E-state index contributed by atoms with van der Waals surface area (Å²) >= 11 is 3.82. The lowest BCUT2D eigenvalue weighted by Gasteiger charge is -2.22. The van der Waals surface area contributed by atoms with Crippen molar-refractivity contribution in [2.24, 2.45) is 5.73 Å². The van der Waals surface area contributed by atoms with Crippen molar-refractivity contribution >= 4 is 78.0 Å². The highest BCUT2D eigenvalue weighted by Crippen LogP contribution is 2.06. The molecule has 0 spiro atoms. The van der Waals surface area contributed by atoms with E-state index in [0.717, 1.165) is 0 Å². The van der Waals surface area contributed by atoms with E-state index in [9.17, 15) is 63.0 Å². The van der Waals surface area contributed by atoms with E-state index in [1.165, 1.54) is 0 Å². The highest BCUT2D eigenvalue weighted by atomic mass is 32.1. The number of ether oxygens (including phenoxy) is 2. The zero-order valence-electron chi connectivity index (χ0n) is 35.0. The summed E-state index contributed by atoms with van der Waals surface area (Å²) in [4.78, 5) is 132. The monoisotopic (exact) mass is 944 g/mol. The zero-order valence-corrected chi connectivity index (χ0v) is 35.9. The summed E-state index contributed by atoms with van der Waals surface area (Å²) in [6, 6.07) is -1.42. The quantitative estimate of drug-likeness (QED) is 0.0234. The third-order valence-corrected chi connectivity index (χ3v) is 9.09. The topological polar surface area (TPSA) is 418 Å². The molecule has 1 aromatic rings. The third kappa shape index (κ3) is 25.3. The van der Waals surface area contributed by atoms with Crippen LogP contribution in [-0.4, -0.2) is 172 Å². The molecule has 1 rings (SSSR count). The molecule has 362 valence electrons. The molecule has 0 radical (unpaired) electrons. The first kappa shape index (κ1) is 56.4. The van der Waals surface area contributed by atoms with Gasteiger partial charge in [-0.05, 0) is 24.8 Å². The second-order valence-electron chi connectivity index (χ2n) is 14.0. The number of hydrogen-bond donors (Lipinski definition) is 14. The molecular weight excluding hydrogens is 889 g/mol. The van der Waals surface area contributed by atoms with Gasteiger partial charge in [0, 0.05) is 51.1 Å². The first-order chi connectivity index (χ1) is 30.7. The normalized spacial score (nSPS) is 13.5. The molecule has 1 aromatic carbocycles. The highest BCUT2D eigenvalue weighted by Gasteiger charge is 2.30. The van der Waals surface area contributed by atoms with Crippen molar-refractivity contribution < 1.29 is 87.7 Å². The van der Waals surface area contributed by atoms with Crippen molar-refractivity contribution in [3.8, 4) is 0 Å². The van der Waals surface area contributed by atoms with Crippen molar-refractivity contribution in [1.82, 2.24) is 37.2 Å². The van der Waals surface area contributed by atoms with Gasteiger partial charge in [0.05, 0.1) is 26.2 Å². The molecule has 0 aliphatic rings. The Hall–Kier alpha value is -6.58. The summed E-state index contributed by atoms with van der Waals surface area (Å²) in [6.07, 6.45) is -2.30. The number of carbonyl (C=O) groups is 11. The molecule has 65 heavy (non-hydrogen) atoms. The third-order valence-electron chi connectivity index (χ3n) is 8.72. The molecule has 27 heteroatoms. The maximum atomic E-state index is 13.2. The van der Waals surface area contributed by atoms with Crippen molar-refractivity contribution in [3.05, 3.63) is 35.9 Å². The molecule has 0 heterocycles. The Kier molecular flexibility index (Phi) is 27.2. The van der Waals surface area contributed by atoms with E-state index >= 15 is 0 Å². The van der Waals surface area contributed by atoms with Gasteiger partial charge in [0.2, 0.25) is 29.5 Å². The van der Waals surface area contributed by atoms with Crippen LogP contribution in [0, 0.1) is 0 Å². The number of nitrogens with one attached hydrogen (secondary N) is 7. The van der Waals surface area contributed by atoms with Crippen LogP contribution in [-0.2, 0) is 63.8 Å². The lowest BCUT2D eigenvalue weighted by molar-refractivity contribution is -0.143. The van der Waals surface area contributed by atoms with Crippen LogP contribution >= 0.6 is 12.6 Å². The largest absolute Gasteiger partial charge is 0.481 e. The van der Waals surface area contributed by atoms with Crippen molar-refractivity contribution in [2.75, 3.05) is 45.3 Å². The summed E-state index contributed by atoms with van der Waals surface area (Å²) in [6.45, 7) is -0.0194. The maximum absolute atomic E-state index is 13.2. The Morgan fingerprint density at radius 3 is 1.69 bits per heavy atom. The number of nitrogens with two attached hydrogens (primary N) is 1. The molecule has 7 amide bonds. The minimum Gasteiger partial charge on any atom is -0.481 e. The van der Waals surface area contributed by atoms with Crippen molar-refractivity contribution in [3.63, 3.8) is 0 Å². The summed E-state index contributed by atoms with van der Waals surface area (Å²) < 4.78 is 10.8. The van der Waals surface area contributed by atoms with Crippen LogP contribution in [0.25, 0.3) is 0 Å². The molecule has 0 unspecified atom stereocenters. The average Bonchev–Trinajstić information content (AvgIpc) is 3.24. The van der Waals surface area contributed by atoms with E-state index in [4.69, 9.17) is 30.5 Å². The second-order valence-corrected chi connectivity index (χ2v) is 14.3. The van der Waals surface area contributed by atoms with Gasteiger partial charge >= 0.3 is 35.9 Å². The van der Waals surface area contributed by atoms with Crippen LogP contribution in [0.2, 0.25) is 0 Å². The molecule has 0 aliphatic carbocycles. The lowest BCUT2D eigenvalue weighted by atomic mass is 10.0. The summed E-state index contributed by atoms with van der Waals surface area (Å²) in [7, 11) is 0. The van der Waals surface area contributed by atoms with Gasteiger partial charge in [0.25, 0.3) is 0 Å². The Balaban J connectivity index is 2.49. The Morgan fingerprint density at radius 2 is 1.14 bits per heavy atom. The molecule has 0 aromatic heterocycles. The fourth-order valence-corrected chi connectivity index (χ4v) is 5.54. The molecule has 0 bridgehead atoms. The molecule has 0 aliphatic heterocycles. The van der Waals surface area contributed by atoms with Gasteiger partial charge in [-0.1, -0.05) is 30.3 Å². The predicted octanol–water partition coefficient (Wildman–Crippen LogP) is -3.60. The van der Waals surface area contributed by atoms with Gasteiger partial charge in [0.15, 0.2) is 0 Å². The fraction of sp³-hybridized carbons (Fsp3) is 0.553. The average molecular weight is 945 g/mol. The number of thiol groups is 1. The number of carboxylic acids is 5. The SMILES string of the molecule is N[C@@H](CNC(=O)[C@H](Cc1ccccc1)NC(=O)CCCOCCOCCNC(=O)CC[C@H](NC(=O)N[C@@H](CCC(=O)O)C(=O)O)C(=O)O)C(=O)N[C@@H](CC(=O)O)C(=O)N[C@@H](CS)C(=O)O. The van der Waals surface area contributed by atoms with Gasteiger partial charge in [-0.2, -0.15) is 12.6 Å². The number of carbonyl (C=O) groups excluding carboxylic acids is 6. The predicted molar refractivity (Wildman–Crippen MR) is 225 cm³/mol. The minimum atomic E-state index is -1.70. The number of carboxylic acid groups (broad SMARTS) is 5. The van der Waals surface area contributed by atoms with Crippen LogP contribution < -0.4 is 43.0 Å². The van der Waals surface area contributed by atoms with Crippen LogP contribution in [0.3, 0.4) is 0 Å². The Morgan fingerprint density at radius 1 is 0.569 bits per heavy atom. The van der Waals surface area contributed by atoms with Gasteiger partial charge in [-0.3, -0.25) is 33.6 Å². The lowest BCUT2D eigenvalue weighted by Crippen LogP contribution is -2.57. The standard InChI is InChI=1S/C38H56N8O18S/c39-22(32(53)43-26(18-31(51)52)34(55)44-27(20-65)37(60)61)19-41-33(54)25(17-21-5-2-1-3-6-21)42-29(48)7-4-13-63-15-16-64-14-12-40-28(47)10-8-23(35(56)57)45-38(62)46-24(36(58)59)9-11-30(49)50/h1-3,5-6,22-27,65H,4,7-20,39H2,(H,40,47)(H,41,54)(H,42,48)(H,43,53)(H,44,55)(H,49,50)(H,51,52)(H,56,57)(H,58,59)(H,60,61)(H2,45,46,62)/t22-,23-,24-,25-,26-,27-/m0/s1. The smallest absolute Gasteiger partial charge is 0.327 e. The van der Waals surface area contributed by atoms with Crippen LogP contribution in [0.1, 0.15) is 50.5 Å². The summed E-state index contributed by atoms with van der Waals surface area (Å²) in [5.41, 5.74) is 6.59. The van der Waals surface area contributed by atoms with Crippen LogP contribution in [0.4, 0.5) is 4.79 Å². The van der Waals surface area contributed by atoms with Gasteiger partial charge < -0.3 is 78.0 Å². The molecule has 0 saturated carbocycles. The number of rotatable bonds is 34. The van der Waals surface area contributed by atoms with Gasteiger partial charge in [0.1, 0.15) is 36.3 Å². The molecule has 26 nitrogen and oxygen atoms in total. The van der Waals surface area contributed by atoms with Crippen molar-refractivity contribution in [1.29, 1.82) is 0 Å². The highest BCUT2D eigenvalue weighted by molar-refractivity contribution is 7.80. The molecular formula is C38H56N8O18S. The Labute approximate surface area is 376 Å². The van der Waals surface area contributed by atoms with Gasteiger partial charge in [-0.25, -0.2) is 19.2 Å². The fourth-order valence-electron chi connectivity index (χ4n) is 5.30. The molecule has 0 fully saturated rings. The van der Waals surface area contributed by atoms with Gasteiger partial charge in [-0.15, -0.1) is 0 Å². The minimum absolute atomic E-state index is 0.0465. The van der Waals surface area contributed by atoms with E-state index in [1.54, 1.807) is 30.3 Å². The summed E-state index contributed by atoms with van der Waals surface area (Å²) in [5, 5.41) is 61.4. The number of aliphatic carboxylic acids is 5. The van der Waals surface area contributed by atoms with E-state index in [1.807, 2.05) is 10.6 Å². The van der Waals surface area contributed by atoms with E-state index < -0.39 is 127 Å². The van der Waals surface area contributed by atoms with E-state index in [2.05, 4.69) is 39.2 Å². The van der Waals surface area contributed by atoms with Crippen molar-refractivity contribution in [2.45, 2.75) is 87.6 Å². The zero-order chi connectivity index (χ0) is 48.9. The van der Waals surface area contributed by atoms with E-state index in [0.29, 0.717) is 5.56 Å². The summed E-state index contributed by atoms with van der Waals surface area (Å²) in [5.74, 6) is -11.4. The first-order valence-corrected chi connectivity index (χ1v) is 20.6. The maximum Gasteiger partial charge on any atom is 0.327 e. The number of benzene rings is 1. The van der Waals surface area contributed by atoms with Crippen LogP contribution in [0.15, 0.2) is 30.3 Å².